The van der Waals surface area contributed by atoms with E-state index in [0.29, 0.717) is 13.1 Å². The molecule has 5 heteroatoms. The van der Waals surface area contributed by atoms with Crippen LogP contribution in [0.1, 0.15) is 5.56 Å². The third-order valence-electron chi connectivity index (χ3n) is 3.04. The Labute approximate surface area is 118 Å². The van der Waals surface area contributed by atoms with Crippen LogP contribution in [0.15, 0.2) is 47.4 Å². The van der Waals surface area contributed by atoms with E-state index in [1.165, 1.54) is 10.2 Å². The van der Waals surface area contributed by atoms with E-state index in [0.717, 1.165) is 12.2 Å². The second-order valence-corrected chi connectivity index (χ2v) is 4.83. The molecule has 0 saturated heterocycles. The minimum absolute atomic E-state index is 0.0716. The quantitative estimate of drug-likeness (QED) is 0.800. The van der Waals surface area contributed by atoms with E-state index in [1.807, 2.05) is 37.2 Å². The molecule has 1 aromatic carbocycles. The number of anilines is 1. The number of hydrogen-bond donors (Lipinski definition) is 1. The molecule has 0 aliphatic carbocycles. The standard InChI is InChI=1S/C15H20N4O/c1-18(2)14-10-15(20)19(17-12-14)9-8-16-11-13-6-4-3-5-7-13/h3-7,10,12,16H,8-9,11H2,1-2H3. The van der Waals surface area contributed by atoms with Gasteiger partial charge in [-0.3, -0.25) is 4.79 Å². The van der Waals surface area contributed by atoms with Gasteiger partial charge in [-0.05, 0) is 5.56 Å². The molecule has 0 radical (unpaired) electrons. The summed E-state index contributed by atoms with van der Waals surface area (Å²) in [5.74, 6) is 0. The van der Waals surface area contributed by atoms with Crippen LogP contribution in [0.4, 0.5) is 5.69 Å². The average Bonchev–Trinajstić information content (AvgIpc) is 2.46. The first-order valence-electron chi connectivity index (χ1n) is 6.66. The van der Waals surface area contributed by atoms with Crippen molar-refractivity contribution in [3.8, 4) is 0 Å². The van der Waals surface area contributed by atoms with Gasteiger partial charge < -0.3 is 10.2 Å². The number of hydrogen-bond acceptors (Lipinski definition) is 4. The highest BCUT2D eigenvalue weighted by Gasteiger charge is 2.01. The summed E-state index contributed by atoms with van der Waals surface area (Å²) in [5.41, 5.74) is 1.98. The van der Waals surface area contributed by atoms with Gasteiger partial charge >= 0.3 is 0 Å². The van der Waals surface area contributed by atoms with Gasteiger partial charge in [0.1, 0.15) is 0 Å². The van der Waals surface area contributed by atoms with E-state index in [4.69, 9.17) is 0 Å². The highest BCUT2D eigenvalue weighted by Crippen LogP contribution is 2.03. The van der Waals surface area contributed by atoms with Crippen LogP contribution < -0.4 is 15.8 Å². The van der Waals surface area contributed by atoms with Crippen molar-refractivity contribution in [3.63, 3.8) is 0 Å². The minimum atomic E-state index is -0.0716. The van der Waals surface area contributed by atoms with Crippen LogP contribution in [0.25, 0.3) is 0 Å². The Morgan fingerprint density at radius 3 is 2.65 bits per heavy atom. The summed E-state index contributed by atoms with van der Waals surface area (Å²) in [6, 6.07) is 11.8. The van der Waals surface area contributed by atoms with Crippen molar-refractivity contribution in [2.45, 2.75) is 13.1 Å². The number of rotatable bonds is 6. The van der Waals surface area contributed by atoms with Gasteiger partial charge in [0.15, 0.2) is 0 Å². The van der Waals surface area contributed by atoms with Crippen molar-refractivity contribution in [2.24, 2.45) is 0 Å². The lowest BCUT2D eigenvalue weighted by Crippen LogP contribution is -2.29. The second-order valence-electron chi connectivity index (χ2n) is 4.83. The molecule has 1 N–H and O–H groups in total. The molecule has 2 rings (SSSR count). The molecule has 20 heavy (non-hydrogen) atoms. The van der Waals surface area contributed by atoms with E-state index >= 15 is 0 Å². The lowest BCUT2D eigenvalue weighted by atomic mass is 10.2. The molecule has 1 heterocycles. The molecule has 106 valence electrons. The number of benzene rings is 1. The zero-order chi connectivity index (χ0) is 14.4. The summed E-state index contributed by atoms with van der Waals surface area (Å²) in [5, 5.41) is 7.47. The summed E-state index contributed by atoms with van der Waals surface area (Å²) >= 11 is 0. The first kappa shape index (κ1) is 14.3. The predicted molar refractivity (Wildman–Crippen MR) is 81.0 cm³/mol. The molecule has 5 nitrogen and oxygen atoms in total. The van der Waals surface area contributed by atoms with Crippen molar-refractivity contribution < 1.29 is 0 Å². The Kier molecular flexibility index (Phi) is 4.90. The molecular formula is C15H20N4O. The third kappa shape index (κ3) is 3.93. The molecule has 0 atom stereocenters. The van der Waals surface area contributed by atoms with Crippen LogP contribution in [-0.2, 0) is 13.1 Å². The molecule has 2 aromatic rings. The van der Waals surface area contributed by atoms with E-state index in [1.54, 1.807) is 12.3 Å². The molecule has 0 amide bonds. The fraction of sp³-hybridized carbons (Fsp3) is 0.333. The first-order chi connectivity index (χ1) is 9.66. The second kappa shape index (κ2) is 6.86. The van der Waals surface area contributed by atoms with Crippen LogP contribution >= 0.6 is 0 Å². The molecule has 0 aliphatic rings. The maximum Gasteiger partial charge on any atom is 0.268 e. The van der Waals surface area contributed by atoms with Crippen LogP contribution in [0, 0.1) is 0 Å². The van der Waals surface area contributed by atoms with Gasteiger partial charge in [0.05, 0.1) is 18.4 Å². The predicted octanol–water partition coefficient (Wildman–Crippen LogP) is 1.10. The largest absolute Gasteiger partial charge is 0.376 e. The van der Waals surface area contributed by atoms with E-state index in [-0.39, 0.29) is 5.56 Å². The average molecular weight is 272 g/mol. The fourth-order valence-electron chi connectivity index (χ4n) is 1.85. The van der Waals surface area contributed by atoms with Gasteiger partial charge in [-0.25, -0.2) is 4.68 Å². The molecule has 0 saturated carbocycles. The molecule has 0 aliphatic heterocycles. The molecule has 0 spiro atoms. The molecule has 1 aromatic heterocycles. The smallest absolute Gasteiger partial charge is 0.268 e. The first-order valence-corrected chi connectivity index (χ1v) is 6.66. The zero-order valence-electron chi connectivity index (χ0n) is 11.9. The Morgan fingerprint density at radius 1 is 1.25 bits per heavy atom. The van der Waals surface area contributed by atoms with Crippen LogP contribution in [-0.4, -0.2) is 30.4 Å². The topological polar surface area (TPSA) is 50.2 Å². The van der Waals surface area contributed by atoms with E-state index in [2.05, 4.69) is 22.5 Å². The van der Waals surface area contributed by atoms with Crippen molar-refractivity contribution in [1.82, 2.24) is 15.1 Å². The summed E-state index contributed by atoms with van der Waals surface area (Å²) in [6.07, 6.45) is 1.71. The Hall–Kier alpha value is -2.14. The summed E-state index contributed by atoms with van der Waals surface area (Å²) in [6.45, 7) is 2.08. The summed E-state index contributed by atoms with van der Waals surface area (Å²) in [4.78, 5) is 13.7. The highest BCUT2D eigenvalue weighted by molar-refractivity contribution is 5.40. The van der Waals surface area contributed by atoms with Crippen molar-refractivity contribution >= 4 is 5.69 Å². The maximum absolute atomic E-state index is 11.9. The van der Waals surface area contributed by atoms with Crippen LogP contribution in [0.3, 0.4) is 0 Å². The van der Waals surface area contributed by atoms with Crippen molar-refractivity contribution in [1.29, 1.82) is 0 Å². The minimum Gasteiger partial charge on any atom is -0.376 e. The van der Waals surface area contributed by atoms with Gasteiger partial charge in [-0.2, -0.15) is 5.10 Å². The van der Waals surface area contributed by atoms with Crippen molar-refractivity contribution in [2.75, 3.05) is 25.5 Å². The summed E-state index contributed by atoms with van der Waals surface area (Å²) < 4.78 is 1.48. The fourth-order valence-corrected chi connectivity index (χ4v) is 1.85. The van der Waals surface area contributed by atoms with E-state index in [9.17, 15) is 4.79 Å². The van der Waals surface area contributed by atoms with Gasteiger partial charge in [-0.1, -0.05) is 30.3 Å². The van der Waals surface area contributed by atoms with Gasteiger partial charge in [0.25, 0.3) is 5.56 Å². The number of nitrogens with zero attached hydrogens (tertiary/aromatic N) is 3. The molecule has 0 fully saturated rings. The Balaban J connectivity index is 1.84. The Morgan fingerprint density at radius 2 is 2.00 bits per heavy atom. The zero-order valence-corrected chi connectivity index (χ0v) is 11.9. The van der Waals surface area contributed by atoms with Gasteiger partial charge in [-0.15, -0.1) is 0 Å². The highest BCUT2D eigenvalue weighted by atomic mass is 16.1. The third-order valence-corrected chi connectivity index (χ3v) is 3.04. The maximum atomic E-state index is 11.9. The molecule has 0 bridgehead atoms. The van der Waals surface area contributed by atoms with Crippen molar-refractivity contribution in [3.05, 3.63) is 58.5 Å². The number of aromatic nitrogens is 2. The normalized spacial score (nSPS) is 10.5. The Bertz CT molecular complexity index is 592. The molecule has 0 unspecified atom stereocenters. The molecular weight excluding hydrogens is 252 g/mol. The summed E-state index contributed by atoms with van der Waals surface area (Å²) in [7, 11) is 3.78. The lowest BCUT2D eigenvalue weighted by Gasteiger charge is -2.12. The SMILES string of the molecule is CN(C)c1cnn(CCNCc2ccccc2)c(=O)c1. The van der Waals surface area contributed by atoms with Crippen LogP contribution in [0.5, 0.6) is 0 Å². The monoisotopic (exact) mass is 272 g/mol. The lowest BCUT2D eigenvalue weighted by molar-refractivity contribution is 0.531. The number of nitrogens with one attached hydrogen (secondary N) is 1. The van der Waals surface area contributed by atoms with Crippen LogP contribution in [0.2, 0.25) is 0 Å². The van der Waals surface area contributed by atoms with E-state index < -0.39 is 0 Å². The van der Waals surface area contributed by atoms with Gasteiger partial charge in [0, 0.05) is 33.3 Å². The van der Waals surface area contributed by atoms with Gasteiger partial charge in [0.2, 0.25) is 0 Å².